The maximum absolute atomic E-state index is 7.76. The minimum absolute atomic E-state index is 0.260. The number of anilines is 1. The molecule has 0 radical (unpaired) electrons. The van der Waals surface area contributed by atoms with Crippen molar-refractivity contribution in [3.05, 3.63) is 47.9 Å². The smallest absolute Gasteiger partial charge is 0.146 e. The van der Waals surface area contributed by atoms with Crippen molar-refractivity contribution in [3.8, 4) is 0 Å². The summed E-state index contributed by atoms with van der Waals surface area (Å²) in [5.41, 5.74) is 14.2. The number of hydrogen-bond donors (Lipinski definition) is 3. The minimum atomic E-state index is 0.260. The maximum Gasteiger partial charge on any atom is 0.146 e. The molecule has 5 nitrogen and oxygen atoms in total. The first kappa shape index (κ1) is 12.9. The zero-order chi connectivity index (χ0) is 13.8. The molecule has 2 rings (SSSR count). The normalized spacial score (nSPS) is 17.1. The van der Waals surface area contributed by atoms with E-state index in [9.17, 15) is 0 Å². The van der Waals surface area contributed by atoms with Crippen molar-refractivity contribution in [3.63, 3.8) is 0 Å². The Morgan fingerprint density at radius 1 is 1.16 bits per heavy atom. The van der Waals surface area contributed by atoms with Gasteiger partial charge in [-0.2, -0.15) is 0 Å². The van der Waals surface area contributed by atoms with E-state index in [1.54, 1.807) is 24.3 Å². The fourth-order valence-electron chi connectivity index (χ4n) is 1.65. The van der Waals surface area contributed by atoms with Crippen molar-refractivity contribution in [2.24, 2.45) is 10.7 Å². The van der Waals surface area contributed by atoms with Crippen molar-refractivity contribution >= 4 is 22.8 Å². The molecule has 1 aromatic rings. The predicted octanol–water partition coefficient (Wildman–Crippen LogP) is 2.14. The largest absolute Gasteiger partial charge is 0.492 e. The van der Waals surface area contributed by atoms with Gasteiger partial charge < -0.3 is 16.2 Å². The van der Waals surface area contributed by atoms with Gasteiger partial charge >= 0.3 is 0 Å². The van der Waals surface area contributed by atoms with Crippen LogP contribution in [0.25, 0.3) is 0 Å². The third-order valence-electron chi connectivity index (χ3n) is 2.57. The summed E-state index contributed by atoms with van der Waals surface area (Å²) in [6.45, 7) is 2.36. The number of nitrogens with zero attached hydrogens (tertiary/aromatic N) is 1. The van der Waals surface area contributed by atoms with Gasteiger partial charge in [-0.15, -0.1) is 0 Å². The molecule has 0 heterocycles. The molecule has 0 amide bonds. The number of rotatable bonds is 3. The number of aliphatic imine (C=N–C) groups is 1. The van der Waals surface area contributed by atoms with Crippen molar-refractivity contribution in [1.29, 1.82) is 5.41 Å². The van der Waals surface area contributed by atoms with E-state index in [0.717, 1.165) is 5.69 Å². The topological polar surface area (TPSA) is 97.5 Å². The molecule has 0 saturated heterocycles. The van der Waals surface area contributed by atoms with Gasteiger partial charge in [0.25, 0.3) is 0 Å². The third kappa shape index (κ3) is 3.01. The molecule has 98 valence electrons. The molecule has 0 spiro atoms. The van der Waals surface area contributed by atoms with Gasteiger partial charge in [-0.1, -0.05) is 0 Å². The van der Waals surface area contributed by atoms with E-state index < -0.39 is 0 Å². The molecule has 19 heavy (non-hydrogen) atoms. The lowest BCUT2D eigenvalue weighted by molar-refractivity contribution is 0.250. The highest BCUT2D eigenvalue weighted by molar-refractivity contribution is 6.22. The van der Waals surface area contributed by atoms with Crippen LogP contribution in [0.15, 0.2) is 52.9 Å². The lowest BCUT2D eigenvalue weighted by Crippen LogP contribution is -2.19. The first-order valence-corrected chi connectivity index (χ1v) is 5.95. The number of benzene rings is 1. The minimum Gasteiger partial charge on any atom is -0.492 e. The van der Waals surface area contributed by atoms with Gasteiger partial charge in [0.1, 0.15) is 5.76 Å². The summed E-state index contributed by atoms with van der Waals surface area (Å²) in [4.78, 5) is 4.42. The summed E-state index contributed by atoms with van der Waals surface area (Å²) in [7, 11) is 0. The summed E-state index contributed by atoms with van der Waals surface area (Å²) >= 11 is 0. The average Bonchev–Trinajstić information content (AvgIpc) is 2.38. The maximum atomic E-state index is 7.76. The van der Waals surface area contributed by atoms with Crippen LogP contribution in [-0.2, 0) is 4.74 Å². The molecule has 0 fully saturated rings. The fraction of sp³-hybridized carbons (Fsp3) is 0.143. The molecule has 0 atom stereocenters. The SMILES string of the molecule is CCOC1=C/C(=N\c2ccc(N)cc2)C(N)=CC1=N. The van der Waals surface area contributed by atoms with Crippen LogP contribution < -0.4 is 11.5 Å². The highest BCUT2D eigenvalue weighted by atomic mass is 16.5. The summed E-state index contributed by atoms with van der Waals surface area (Å²) in [5.74, 6) is 0.478. The second-order valence-electron chi connectivity index (χ2n) is 4.04. The Morgan fingerprint density at radius 3 is 2.47 bits per heavy atom. The highest BCUT2D eigenvalue weighted by Crippen LogP contribution is 2.18. The molecule has 5 heteroatoms. The Morgan fingerprint density at radius 2 is 1.84 bits per heavy atom. The molecule has 0 bridgehead atoms. The van der Waals surface area contributed by atoms with Gasteiger partial charge in [-0.05, 0) is 37.3 Å². The zero-order valence-corrected chi connectivity index (χ0v) is 10.7. The van der Waals surface area contributed by atoms with Crippen molar-refractivity contribution < 1.29 is 4.74 Å². The van der Waals surface area contributed by atoms with Crippen LogP contribution in [0.5, 0.6) is 0 Å². The Hall–Kier alpha value is -2.56. The predicted molar refractivity (Wildman–Crippen MR) is 77.7 cm³/mol. The molecule has 0 unspecified atom stereocenters. The van der Waals surface area contributed by atoms with E-state index in [-0.39, 0.29) is 5.71 Å². The Bertz CT molecular complexity index is 582. The number of nitrogen functional groups attached to an aromatic ring is 1. The Labute approximate surface area is 111 Å². The van der Waals surface area contributed by atoms with Gasteiger partial charge in [0.05, 0.1) is 29.4 Å². The van der Waals surface area contributed by atoms with E-state index >= 15 is 0 Å². The lowest BCUT2D eigenvalue weighted by atomic mass is 10.1. The van der Waals surface area contributed by atoms with Gasteiger partial charge in [-0.25, -0.2) is 4.99 Å². The van der Waals surface area contributed by atoms with E-state index in [0.29, 0.717) is 29.5 Å². The fourth-order valence-corrected chi connectivity index (χ4v) is 1.65. The number of hydrogen-bond acceptors (Lipinski definition) is 5. The van der Waals surface area contributed by atoms with Crippen LogP contribution in [0.4, 0.5) is 11.4 Å². The number of ether oxygens (including phenoxy) is 1. The van der Waals surface area contributed by atoms with Crippen molar-refractivity contribution in [1.82, 2.24) is 0 Å². The molecule has 0 aromatic heterocycles. The number of nitrogens with two attached hydrogens (primary N) is 2. The summed E-state index contributed by atoms with van der Waals surface area (Å²) in [5, 5.41) is 7.76. The van der Waals surface area contributed by atoms with Crippen LogP contribution in [0.3, 0.4) is 0 Å². The summed E-state index contributed by atoms with van der Waals surface area (Å²) in [6, 6.07) is 7.17. The molecule has 0 saturated carbocycles. The van der Waals surface area contributed by atoms with E-state index in [1.807, 2.05) is 19.1 Å². The van der Waals surface area contributed by atoms with Gasteiger partial charge in [-0.3, -0.25) is 5.41 Å². The van der Waals surface area contributed by atoms with Crippen LogP contribution in [-0.4, -0.2) is 18.0 Å². The van der Waals surface area contributed by atoms with Crippen LogP contribution in [0.1, 0.15) is 6.92 Å². The lowest BCUT2D eigenvalue weighted by Gasteiger charge is -2.14. The van der Waals surface area contributed by atoms with Crippen LogP contribution >= 0.6 is 0 Å². The molecule has 1 aromatic carbocycles. The van der Waals surface area contributed by atoms with Crippen molar-refractivity contribution in [2.75, 3.05) is 12.3 Å². The number of allylic oxidation sites excluding steroid dienone is 2. The first-order valence-electron chi connectivity index (χ1n) is 5.95. The molecular weight excluding hydrogens is 240 g/mol. The van der Waals surface area contributed by atoms with E-state index in [1.165, 1.54) is 0 Å². The monoisotopic (exact) mass is 256 g/mol. The van der Waals surface area contributed by atoms with Gasteiger partial charge in [0.15, 0.2) is 0 Å². The molecular formula is C14H16N4O. The first-order chi connectivity index (χ1) is 9.10. The Kier molecular flexibility index (Phi) is 3.66. The van der Waals surface area contributed by atoms with Crippen LogP contribution in [0, 0.1) is 5.41 Å². The average molecular weight is 256 g/mol. The standard InChI is InChI=1S/C14H16N4O/c1-2-19-14-8-13(11(16)7-12(14)17)18-10-5-3-9(15)4-6-10/h3-8,17H,2,15-16H2,1H3/b17-12?,18-13+. The van der Waals surface area contributed by atoms with Gasteiger partial charge in [0.2, 0.25) is 0 Å². The third-order valence-corrected chi connectivity index (χ3v) is 2.57. The number of nitrogens with one attached hydrogen (secondary N) is 1. The molecule has 5 N–H and O–H groups in total. The van der Waals surface area contributed by atoms with Crippen molar-refractivity contribution in [2.45, 2.75) is 6.92 Å². The van der Waals surface area contributed by atoms with E-state index in [4.69, 9.17) is 21.6 Å². The zero-order valence-electron chi connectivity index (χ0n) is 10.7. The highest BCUT2D eigenvalue weighted by Gasteiger charge is 2.15. The van der Waals surface area contributed by atoms with Crippen LogP contribution in [0.2, 0.25) is 0 Å². The molecule has 1 aliphatic rings. The summed E-state index contributed by atoms with van der Waals surface area (Å²) < 4.78 is 5.37. The van der Waals surface area contributed by atoms with E-state index in [2.05, 4.69) is 4.99 Å². The summed E-state index contributed by atoms with van der Waals surface area (Å²) in [6.07, 6.45) is 3.22. The molecule has 0 aliphatic heterocycles. The Balaban J connectivity index is 2.34. The quantitative estimate of drug-likeness (QED) is 0.570. The molecule has 1 aliphatic carbocycles. The van der Waals surface area contributed by atoms with Gasteiger partial charge in [0, 0.05) is 11.8 Å². The second kappa shape index (κ2) is 5.39. The second-order valence-corrected chi connectivity index (χ2v) is 4.04.